The third-order valence-electron chi connectivity index (χ3n) is 3.03. The second kappa shape index (κ2) is 4.85. The van der Waals surface area contributed by atoms with Gasteiger partial charge in [0.15, 0.2) is 0 Å². The summed E-state index contributed by atoms with van der Waals surface area (Å²) in [6.45, 7) is 4.28. The summed E-state index contributed by atoms with van der Waals surface area (Å²) in [7, 11) is 0. The molecule has 18 heavy (non-hydrogen) atoms. The van der Waals surface area contributed by atoms with E-state index < -0.39 is 0 Å². The summed E-state index contributed by atoms with van der Waals surface area (Å²) in [5.41, 5.74) is 0.976. The summed E-state index contributed by atoms with van der Waals surface area (Å²) in [5.74, 6) is 0.907. The zero-order valence-electron chi connectivity index (χ0n) is 10.5. The van der Waals surface area contributed by atoms with Crippen molar-refractivity contribution in [1.29, 1.82) is 0 Å². The quantitative estimate of drug-likeness (QED) is 0.789. The Labute approximate surface area is 105 Å². The number of nitrogens with one attached hydrogen (secondary N) is 1. The van der Waals surface area contributed by atoms with Crippen LogP contribution in [0.4, 0.5) is 0 Å². The molecule has 0 atom stereocenters. The fourth-order valence-electron chi connectivity index (χ4n) is 1.85. The minimum absolute atomic E-state index is 0.615. The number of aromatic nitrogens is 6. The van der Waals surface area contributed by atoms with Crippen molar-refractivity contribution in [2.75, 3.05) is 0 Å². The Hall–Kier alpha value is -1.76. The Kier molecular flexibility index (Phi) is 3.06. The van der Waals surface area contributed by atoms with E-state index in [9.17, 15) is 0 Å². The van der Waals surface area contributed by atoms with Gasteiger partial charge in [-0.25, -0.2) is 14.3 Å². The lowest BCUT2D eigenvalue weighted by Crippen LogP contribution is -2.15. The maximum Gasteiger partial charge on any atom is 0.148 e. The summed E-state index contributed by atoms with van der Waals surface area (Å²) in [5, 5.41) is 15.8. The average Bonchev–Trinajstić information content (AvgIpc) is 2.93. The van der Waals surface area contributed by atoms with Gasteiger partial charge in [-0.1, -0.05) is 5.21 Å². The molecule has 7 heteroatoms. The minimum Gasteiger partial charge on any atom is -0.308 e. The van der Waals surface area contributed by atoms with Gasteiger partial charge in [0.25, 0.3) is 0 Å². The molecule has 7 nitrogen and oxygen atoms in total. The normalized spacial score (nSPS) is 15.2. The third kappa shape index (κ3) is 2.56. The number of aryl methyl sites for hydroxylation is 1. The molecular weight excluding hydrogens is 230 g/mol. The molecule has 0 saturated heterocycles. The molecule has 0 amide bonds. The van der Waals surface area contributed by atoms with E-state index in [1.807, 2.05) is 17.8 Å². The highest BCUT2D eigenvalue weighted by Crippen LogP contribution is 2.18. The molecule has 2 aromatic heterocycles. The van der Waals surface area contributed by atoms with Crippen molar-refractivity contribution in [3.05, 3.63) is 24.0 Å². The van der Waals surface area contributed by atoms with Gasteiger partial charge < -0.3 is 5.32 Å². The van der Waals surface area contributed by atoms with Gasteiger partial charge in [0.1, 0.15) is 18.7 Å². The average molecular weight is 247 g/mol. The molecule has 0 bridgehead atoms. The van der Waals surface area contributed by atoms with Crippen molar-refractivity contribution in [3.8, 4) is 0 Å². The zero-order valence-corrected chi connectivity index (χ0v) is 10.5. The lowest BCUT2D eigenvalue weighted by atomic mass is 10.4. The van der Waals surface area contributed by atoms with E-state index in [0.717, 1.165) is 24.6 Å². The van der Waals surface area contributed by atoms with Crippen molar-refractivity contribution in [2.45, 2.75) is 45.4 Å². The Morgan fingerprint density at radius 2 is 2.33 bits per heavy atom. The summed E-state index contributed by atoms with van der Waals surface area (Å²) < 4.78 is 3.67. The number of rotatable bonds is 6. The van der Waals surface area contributed by atoms with Crippen molar-refractivity contribution in [2.24, 2.45) is 0 Å². The van der Waals surface area contributed by atoms with Crippen LogP contribution < -0.4 is 5.32 Å². The van der Waals surface area contributed by atoms with E-state index in [-0.39, 0.29) is 0 Å². The first kappa shape index (κ1) is 11.3. The predicted molar refractivity (Wildman–Crippen MR) is 64.7 cm³/mol. The van der Waals surface area contributed by atoms with Gasteiger partial charge in [-0.3, -0.25) is 0 Å². The van der Waals surface area contributed by atoms with Crippen LogP contribution in [0.25, 0.3) is 0 Å². The van der Waals surface area contributed by atoms with E-state index in [4.69, 9.17) is 0 Å². The van der Waals surface area contributed by atoms with Gasteiger partial charge in [0.2, 0.25) is 0 Å². The smallest absolute Gasteiger partial charge is 0.148 e. The van der Waals surface area contributed by atoms with Gasteiger partial charge in [0, 0.05) is 19.1 Å². The van der Waals surface area contributed by atoms with Crippen molar-refractivity contribution >= 4 is 0 Å². The van der Waals surface area contributed by atoms with Crippen LogP contribution in [0.3, 0.4) is 0 Å². The number of hydrogen-bond acceptors (Lipinski definition) is 5. The molecule has 1 saturated carbocycles. The molecule has 2 heterocycles. The molecule has 96 valence electrons. The van der Waals surface area contributed by atoms with Crippen molar-refractivity contribution < 1.29 is 0 Å². The summed E-state index contributed by atoms with van der Waals surface area (Å²) in [4.78, 5) is 4.22. The summed E-state index contributed by atoms with van der Waals surface area (Å²) in [6.07, 6.45) is 6.11. The molecule has 3 rings (SSSR count). The highest BCUT2D eigenvalue weighted by atomic mass is 15.4. The summed E-state index contributed by atoms with van der Waals surface area (Å²) >= 11 is 0. The highest BCUT2D eigenvalue weighted by molar-refractivity contribution is 4.96. The molecule has 2 aromatic rings. The second-order valence-electron chi connectivity index (χ2n) is 4.55. The fourth-order valence-corrected chi connectivity index (χ4v) is 1.85. The van der Waals surface area contributed by atoms with E-state index >= 15 is 0 Å². The largest absolute Gasteiger partial charge is 0.308 e. The van der Waals surface area contributed by atoms with Crippen LogP contribution in [0.15, 0.2) is 12.5 Å². The van der Waals surface area contributed by atoms with Crippen LogP contribution in [0.5, 0.6) is 0 Å². The van der Waals surface area contributed by atoms with E-state index in [0.29, 0.717) is 12.6 Å². The Balaban J connectivity index is 1.61. The lowest BCUT2D eigenvalue weighted by molar-refractivity contribution is 0.557. The topological polar surface area (TPSA) is 73.5 Å². The van der Waals surface area contributed by atoms with Crippen LogP contribution in [-0.4, -0.2) is 35.8 Å². The van der Waals surface area contributed by atoms with Crippen molar-refractivity contribution in [3.63, 3.8) is 0 Å². The minimum atomic E-state index is 0.615. The summed E-state index contributed by atoms with van der Waals surface area (Å²) in [6, 6.07) is 0.693. The lowest BCUT2D eigenvalue weighted by Gasteiger charge is -2.01. The van der Waals surface area contributed by atoms with Crippen molar-refractivity contribution in [1.82, 2.24) is 35.1 Å². The van der Waals surface area contributed by atoms with Crippen LogP contribution in [0, 0.1) is 0 Å². The Bertz CT molecular complexity index is 511. The second-order valence-corrected chi connectivity index (χ2v) is 4.55. The van der Waals surface area contributed by atoms with Crippen LogP contribution >= 0.6 is 0 Å². The SMILES string of the molecule is CCn1ncnc1Cn1cc(CNC2CC2)nn1. The molecule has 1 aliphatic rings. The van der Waals surface area contributed by atoms with E-state index in [1.54, 1.807) is 11.0 Å². The number of hydrogen-bond donors (Lipinski definition) is 1. The van der Waals surface area contributed by atoms with Crippen LogP contribution in [0.2, 0.25) is 0 Å². The molecule has 1 fully saturated rings. The zero-order chi connectivity index (χ0) is 12.4. The van der Waals surface area contributed by atoms with E-state index in [2.05, 4.69) is 25.7 Å². The fraction of sp³-hybridized carbons (Fsp3) is 0.636. The maximum absolute atomic E-state index is 4.22. The molecule has 0 aromatic carbocycles. The molecule has 0 radical (unpaired) electrons. The van der Waals surface area contributed by atoms with Crippen LogP contribution in [-0.2, 0) is 19.6 Å². The first-order valence-corrected chi connectivity index (χ1v) is 6.34. The first-order chi connectivity index (χ1) is 8.85. The molecular formula is C11H17N7. The maximum atomic E-state index is 4.22. The van der Waals surface area contributed by atoms with Gasteiger partial charge in [-0.2, -0.15) is 5.10 Å². The standard InChI is InChI=1S/C11H17N7/c1-2-18-11(13-8-14-18)7-17-6-10(15-16-17)5-12-9-3-4-9/h6,8-9,12H,2-5,7H2,1H3. The monoisotopic (exact) mass is 247 g/mol. The molecule has 0 unspecified atom stereocenters. The third-order valence-corrected chi connectivity index (χ3v) is 3.03. The molecule has 1 N–H and O–H groups in total. The van der Waals surface area contributed by atoms with Gasteiger partial charge >= 0.3 is 0 Å². The first-order valence-electron chi connectivity index (χ1n) is 6.34. The van der Waals surface area contributed by atoms with E-state index in [1.165, 1.54) is 12.8 Å². The van der Waals surface area contributed by atoms with Crippen LogP contribution in [0.1, 0.15) is 31.3 Å². The Morgan fingerprint density at radius 1 is 1.44 bits per heavy atom. The van der Waals surface area contributed by atoms with Gasteiger partial charge in [0.05, 0.1) is 11.9 Å². The molecule has 0 spiro atoms. The molecule has 1 aliphatic carbocycles. The van der Waals surface area contributed by atoms with Gasteiger partial charge in [-0.05, 0) is 19.8 Å². The van der Waals surface area contributed by atoms with Gasteiger partial charge in [-0.15, -0.1) is 5.10 Å². The molecule has 0 aliphatic heterocycles. The number of nitrogens with zero attached hydrogens (tertiary/aromatic N) is 6. The predicted octanol–water partition coefficient (Wildman–Crippen LogP) is 0.190. The Morgan fingerprint density at radius 3 is 3.11 bits per heavy atom. The highest BCUT2D eigenvalue weighted by Gasteiger charge is 2.20.